The van der Waals surface area contributed by atoms with Gasteiger partial charge in [0, 0.05) is 20.7 Å². The summed E-state index contributed by atoms with van der Waals surface area (Å²) in [6, 6.07) is 14.2. The molecule has 0 saturated carbocycles. The van der Waals surface area contributed by atoms with Crippen LogP contribution in [0.15, 0.2) is 65.5 Å². The number of nitrogens with zero attached hydrogens (tertiary/aromatic N) is 5. The Labute approximate surface area is 195 Å². The van der Waals surface area contributed by atoms with E-state index in [9.17, 15) is 4.79 Å². The van der Waals surface area contributed by atoms with Crippen molar-refractivity contribution in [2.45, 2.75) is 13.3 Å². The molecular weight excluding hydrogens is 507 g/mol. The molecule has 0 unspecified atom stereocenters. The molecule has 4 rings (SSSR count). The smallest absolute Gasteiger partial charge is 0.278 e. The Kier molecular flexibility index (Phi) is 6.55. The van der Waals surface area contributed by atoms with Crippen molar-refractivity contribution < 1.29 is 9.53 Å². The van der Waals surface area contributed by atoms with Gasteiger partial charge >= 0.3 is 0 Å². The van der Waals surface area contributed by atoms with Crippen molar-refractivity contribution in [1.29, 1.82) is 0 Å². The lowest BCUT2D eigenvalue weighted by molar-refractivity contribution is 0.101. The number of carbonyl (C=O) groups excluding carboxylic acids is 1. The van der Waals surface area contributed by atoms with E-state index in [0.29, 0.717) is 22.3 Å². The molecule has 31 heavy (non-hydrogen) atoms. The van der Waals surface area contributed by atoms with Crippen LogP contribution < -0.4 is 10.1 Å². The molecule has 0 aliphatic heterocycles. The third kappa shape index (κ3) is 5.63. The van der Waals surface area contributed by atoms with E-state index in [-0.39, 0.29) is 18.4 Å². The fourth-order valence-corrected chi connectivity index (χ4v) is 3.38. The lowest BCUT2D eigenvalue weighted by atomic mass is 10.2. The van der Waals surface area contributed by atoms with Gasteiger partial charge in [0.2, 0.25) is 5.95 Å². The molecule has 2 aromatic heterocycles. The second-order valence-electron chi connectivity index (χ2n) is 6.42. The number of halogens is 3. The van der Waals surface area contributed by atoms with Crippen LogP contribution in [0.3, 0.4) is 0 Å². The van der Waals surface area contributed by atoms with Crippen LogP contribution in [0.5, 0.6) is 5.75 Å². The number of nitrogens with one attached hydrogen (secondary N) is 1. The molecule has 0 fully saturated rings. The van der Waals surface area contributed by atoms with E-state index in [0.717, 1.165) is 10.0 Å². The van der Waals surface area contributed by atoms with Gasteiger partial charge in [-0.25, -0.2) is 14.3 Å². The van der Waals surface area contributed by atoms with E-state index in [2.05, 4.69) is 36.4 Å². The number of hydrogen-bond donors (Lipinski definition) is 1. The van der Waals surface area contributed by atoms with Crippen molar-refractivity contribution in [3.05, 3.63) is 86.8 Å². The van der Waals surface area contributed by atoms with Gasteiger partial charge in [-0.05, 0) is 48.0 Å². The molecule has 11 heteroatoms. The first-order valence-electron chi connectivity index (χ1n) is 9.03. The molecular formula is C20H15BrCl2N6O2. The van der Waals surface area contributed by atoms with Crippen LogP contribution in [0.1, 0.15) is 16.1 Å². The van der Waals surface area contributed by atoms with Gasteiger partial charge in [-0.2, -0.15) is 5.10 Å². The molecule has 2 aromatic carbocycles. The molecule has 0 radical (unpaired) electrons. The normalized spacial score (nSPS) is 10.8. The molecule has 1 N–H and O–H groups in total. The third-order valence-corrected chi connectivity index (χ3v) is 5.28. The van der Waals surface area contributed by atoms with Crippen LogP contribution in [-0.4, -0.2) is 30.5 Å². The summed E-state index contributed by atoms with van der Waals surface area (Å²) in [4.78, 5) is 16.5. The van der Waals surface area contributed by atoms with Gasteiger partial charge in [0.15, 0.2) is 12.4 Å². The third-order valence-electron chi connectivity index (χ3n) is 4.16. The van der Waals surface area contributed by atoms with Gasteiger partial charge in [0.25, 0.3) is 5.91 Å². The minimum Gasteiger partial charge on any atom is -0.471 e. The van der Waals surface area contributed by atoms with Gasteiger partial charge in [0.1, 0.15) is 12.1 Å². The zero-order valence-corrected chi connectivity index (χ0v) is 19.0. The quantitative estimate of drug-likeness (QED) is 0.374. The maximum absolute atomic E-state index is 12.4. The van der Waals surface area contributed by atoms with Crippen molar-refractivity contribution in [3.8, 4) is 5.75 Å². The molecule has 158 valence electrons. The fraction of sp³-hybridized carbons (Fsp3) is 0.100. The van der Waals surface area contributed by atoms with E-state index >= 15 is 0 Å². The van der Waals surface area contributed by atoms with Gasteiger partial charge in [-0.15, -0.1) is 5.10 Å². The maximum atomic E-state index is 12.4. The molecule has 8 nitrogen and oxygen atoms in total. The highest BCUT2D eigenvalue weighted by molar-refractivity contribution is 9.10. The second-order valence-corrected chi connectivity index (χ2v) is 8.18. The molecule has 0 aliphatic carbocycles. The SMILES string of the molecule is O=C(Nc1ncn(Cc2ccc(Cl)cc2Cl)n1)c1ccn(COc2ccc(Br)cc2)n1. The number of rotatable bonds is 7. The zero-order chi connectivity index (χ0) is 21.8. The van der Waals surface area contributed by atoms with Crippen molar-refractivity contribution >= 4 is 51.0 Å². The predicted octanol–water partition coefficient (Wildman–Crippen LogP) is 4.88. The highest BCUT2D eigenvalue weighted by atomic mass is 79.9. The Bertz CT molecular complexity index is 1210. The average molecular weight is 522 g/mol. The minimum absolute atomic E-state index is 0.163. The maximum Gasteiger partial charge on any atom is 0.278 e. The number of benzene rings is 2. The van der Waals surface area contributed by atoms with Gasteiger partial charge in [-0.1, -0.05) is 45.2 Å². The van der Waals surface area contributed by atoms with Crippen molar-refractivity contribution in [1.82, 2.24) is 24.5 Å². The fourth-order valence-electron chi connectivity index (χ4n) is 2.64. The topological polar surface area (TPSA) is 86.9 Å². The molecule has 0 saturated heterocycles. The number of aromatic nitrogens is 5. The van der Waals surface area contributed by atoms with Crippen LogP contribution in [0.25, 0.3) is 0 Å². The lowest BCUT2D eigenvalue weighted by Crippen LogP contribution is -2.15. The van der Waals surface area contributed by atoms with Crippen LogP contribution >= 0.6 is 39.1 Å². The first-order valence-corrected chi connectivity index (χ1v) is 10.6. The van der Waals surface area contributed by atoms with Crippen LogP contribution in [0, 0.1) is 0 Å². The molecule has 0 bridgehead atoms. The van der Waals surface area contributed by atoms with Crippen LogP contribution in [0.2, 0.25) is 10.0 Å². The Morgan fingerprint density at radius 1 is 1.06 bits per heavy atom. The van der Waals surface area contributed by atoms with E-state index in [4.69, 9.17) is 27.9 Å². The Morgan fingerprint density at radius 3 is 2.65 bits per heavy atom. The van der Waals surface area contributed by atoms with E-state index in [1.54, 1.807) is 29.1 Å². The van der Waals surface area contributed by atoms with E-state index in [1.807, 2.05) is 30.3 Å². The number of ether oxygens (including phenoxy) is 1. The molecule has 0 spiro atoms. The van der Waals surface area contributed by atoms with Crippen LogP contribution in [0.4, 0.5) is 5.95 Å². The van der Waals surface area contributed by atoms with Gasteiger partial charge < -0.3 is 4.74 Å². The standard InChI is InChI=1S/C20H15BrCl2N6O2/c21-14-2-5-16(6-3-14)31-12-28-8-7-18(26-28)19(30)25-20-24-11-29(27-20)10-13-1-4-15(22)9-17(13)23/h1-9,11H,10,12H2,(H,25,27,30). The Balaban J connectivity index is 1.34. The number of amides is 1. The van der Waals surface area contributed by atoms with Crippen molar-refractivity contribution in [2.75, 3.05) is 5.32 Å². The Hall–Kier alpha value is -2.88. The summed E-state index contributed by atoms with van der Waals surface area (Å²) < 4.78 is 9.68. The molecule has 1 amide bonds. The summed E-state index contributed by atoms with van der Waals surface area (Å²) >= 11 is 15.5. The van der Waals surface area contributed by atoms with Crippen molar-refractivity contribution in [3.63, 3.8) is 0 Å². The van der Waals surface area contributed by atoms with Crippen molar-refractivity contribution in [2.24, 2.45) is 0 Å². The monoisotopic (exact) mass is 520 g/mol. The lowest BCUT2D eigenvalue weighted by Gasteiger charge is -2.06. The molecule has 2 heterocycles. The average Bonchev–Trinajstić information content (AvgIpc) is 3.39. The minimum atomic E-state index is -0.426. The summed E-state index contributed by atoms with van der Waals surface area (Å²) in [6.07, 6.45) is 3.16. The summed E-state index contributed by atoms with van der Waals surface area (Å²) in [5.41, 5.74) is 1.05. The number of hydrogen-bond acceptors (Lipinski definition) is 5. The molecule has 0 aliphatic rings. The summed E-state index contributed by atoms with van der Waals surface area (Å²) in [5.74, 6) is 0.431. The first-order chi connectivity index (χ1) is 15.0. The highest BCUT2D eigenvalue weighted by Gasteiger charge is 2.13. The Morgan fingerprint density at radius 2 is 1.87 bits per heavy atom. The summed E-state index contributed by atoms with van der Waals surface area (Å²) in [6.45, 7) is 0.560. The van der Waals surface area contributed by atoms with Gasteiger partial charge in [0.05, 0.1) is 6.54 Å². The first kappa shape index (κ1) is 21.4. The van der Waals surface area contributed by atoms with E-state index in [1.165, 1.54) is 11.0 Å². The van der Waals surface area contributed by atoms with E-state index < -0.39 is 5.91 Å². The van der Waals surface area contributed by atoms with Crippen LogP contribution in [-0.2, 0) is 13.3 Å². The highest BCUT2D eigenvalue weighted by Crippen LogP contribution is 2.21. The zero-order valence-electron chi connectivity index (χ0n) is 15.9. The number of carbonyl (C=O) groups is 1. The predicted molar refractivity (Wildman–Crippen MR) is 121 cm³/mol. The molecule has 0 atom stereocenters. The largest absolute Gasteiger partial charge is 0.471 e. The number of anilines is 1. The molecule has 4 aromatic rings. The second kappa shape index (κ2) is 9.51. The summed E-state index contributed by atoms with van der Waals surface area (Å²) in [5, 5.41) is 12.2. The summed E-state index contributed by atoms with van der Waals surface area (Å²) in [7, 11) is 0. The van der Waals surface area contributed by atoms with Gasteiger partial charge in [-0.3, -0.25) is 10.1 Å².